The van der Waals surface area contributed by atoms with Gasteiger partial charge >= 0.3 is 5.97 Å². The maximum Gasteiger partial charge on any atom is 0.310 e. The van der Waals surface area contributed by atoms with Crippen molar-refractivity contribution in [3.8, 4) is 5.75 Å². The molecule has 0 aromatic heterocycles. The molecule has 1 rings (SSSR count). The van der Waals surface area contributed by atoms with Gasteiger partial charge in [0.2, 0.25) is 0 Å². The average molecular weight is 406 g/mol. The van der Waals surface area contributed by atoms with E-state index in [-0.39, 0.29) is 12.4 Å². The van der Waals surface area contributed by atoms with E-state index in [1.54, 1.807) is 0 Å². The molecule has 0 N–H and O–H groups in total. The van der Waals surface area contributed by atoms with Gasteiger partial charge in [0, 0.05) is 4.43 Å². The minimum Gasteiger partial charge on any atom is -0.491 e. The van der Waals surface area contributed by atoms with E-state index in [0.29, 0.717) is 13.2 Å². The van der Waals surface area contributed by atoms with Gasteiger partial charge < -0.3 is 14.2 Å². The van der Waals surface area contributed by atoms with Gasteiger partial charge in [0.1, 0.15) is 18.0 Å². The number of halogens is 1. The molecule has 0 bridgehead atoms. The van der Waals surface area contributed by atoms with Crippen LogP contribution in [0.2, 0.25) is 0 Å². The van der Waals surface area contributed by atoms with E-state index in [1.165, 1.54) is 0 Å². The molecule has 0 radical (unpaired) electrons. The van der Waals surface area contributed by atoms with Gasteiger partial charge in [0.15, 0.2) is 0 Å². The molecular formula is C16H23IO4. The fraction of sp³-hybridized carbons (Fsp3) is 0.562. The standard InChI is InChI=1S/C16H23IO4/c1-16(2,3)21-15(18)12-13-5-4-6-14(11-13)20-10-9-19-8-7-17/h4-6,11H,7-10,12H2,1-3H3. The van der Waals surface area contributed by atoms with E-state index < -0.39 is 5.60 Å². The van der Waals surface area contributed by atoms with Crippen LogP contribution >= 0.6 is 22.6 Å². The second-order valence-electron chi connectivity index (χ2n) is 5.56. The molecule has 118 valence electrons. The molecule has 0 spiro atoms. The van der Waals surface area contributed by atoms with Crippen molar-refractivity contribution in [2.75, 3.05) is 24.2 Å². The first kappa shape index (κ1) is 18.2. The summed E-state index contributed by atoms with van der Waals surface area (Å²) < 4.78 is 17.2. The van der Waals surface area contributed by atoms with Gasteiger partial charge in [0.05, 0.1) is 19.6 Å². The molecule has 0 aliphatic heterocycles. The maximum atomic E-state index is 11.8. The van der Waals surface area contributed by atoms with E-state index in [0.717, 1.165) is 22.3 Å². The zero-order chi connectivity index (χ0) is 15.7. The van der Waals surface area contributed by atoms with Gasteiger partial charge in [-0.1, -0.05) is 34.7 Å². The lowest BCUT2D eigenvalue weighted by atomic mass is 10.1. The molecule has 0 atom stereocenters. The van der Waals surface area contributed by atoms with Crippen LogP contribution in [0.4, 0.5) is 0 Å². The molecule has 0 aliphatic rings. The number of ether oxygens (including phenoxy) is 3. The highest BCUT2D eigenvalue weighted by Crippen LogP contribution is 2.15. The van der Waals surface area contributed by atoms with Gasteiger partial charge in [-0.3, -0.25) is 4.79 Å². The third kappa shape index (κ3) is 8.93. The van der Waals surface area contributed by atoms with Crippen molar-refractivity contribution in [3.05, 3.63) is 29.8 Å². The van der Waals surface area contributed by atoms with Crippen LogP contribution in [0.5, 0.6) is 5.75 Å². The van der Waals surface area contributed by atoms with Gasteiger partial charge in [-0.2, -0.15) is 0 Å². The third-order valence-electron chi connectivity index (χ3n) is 2.38. The Bertz CT molecular complexity index is 440. The minimum absolute atomic E-state index is 0.231. The number of hydrogen-bond donors (Lipinski definition) is 0. The lowest BCUT2D eigenvalue weighted by molar-refractivity contribution is -0.153. The number of alkyl halides is 1. The highest BCUT2D eigenvalue weighted by molar-refractivity contribution is 14.1. The molecule has 0 saturated heterocycles. The summed E-state index contributed by atoms with van der Waals surface area (Å²) in [4.78, 5) is 11.8. The van der Waals surface area contributed by atoms with Crippen LogP contribution < -0.4 is 4.74 Å². The molecule has 21 heavy (non-hydrogen) atoms. The Morgan fingerprint density at radius 3 is 2.62 bits per heavy atom. The van der Waals surface area contributed by atoms with Crippen LogP contribution in [0, 0.1) is 0 Å². The van der Waals surface area contributed by atoms with Gasteiger partial charge in [0.25, 0.3) is 0 Å². The molecule has 4 nitrogen and oxygen atoms in total. The Morgan fingerprint density at radius 2 is 1.95 bits per heavy atom. The number of esters is 1. The number of rotatable bonds is 8. The van der Waals surface area contributed by atoms with E-state index in [9.17, 15) is 4.79 Å². The van der Waals surface area contributed by atoms with Crippen molar-refractivity contribution in [2.24, 2.45) is 0 Å². The predicted molar refractivity (Wildman–Crippen MR) is 91.2 cm³/mol. The van der Waals surface area contributed by atoms with Crippen molar-refractivity contribution in [1.29, 1.82) is 0 Å². The van der Waals surface area contributed by atoms with Crippen LogP contribution in [-0.4, -0.2) is 35.8 Å². The zero-order valence-electron chi connectivity index (χ0n) is 12.9. The lowest BCUT2D eigenvalue weighted by Crippen LogP contribution is -2.24. The Morgan fingerprint density at radius 1 is 1.19 bits per heavy atom. The summed E-state index contributed by atoms with van der Waals surface area (Å²) in [5.41, 5.74) is 0.427. The average Bonchev–Trinajstić information content (AvgIpc) is 2.36. The van der Waals surface area contributed by atoms with Crippen LogP contribution in [0.3, 0.4) is 0 Å². The number of benzene rings is 1. The van der Waals surface area contributed by atoms with Crippen molar-refractivity contribution < 1.29 is 19.0 Å². The summed E-state index contributed by atoms with van der Waals surface area (Å²) in [6.45, 7) is 7.40. The van der Waals surface area contributed by atoms with Crippen LogP contribution in [0.25, 0.3) is 0 Å². The van der Waals surface area contributed by atoms with Crippen LogP contribution in [0.15, 0.2) is 24.3 Å². The highest BCUT2D eigenvalue weighted by Gasteiger charge is 2.16. The fourth-order valence-electron chi connectivity index (χ4n) is 1.66. The Hall–Kier alpha value is -0.820. The Balaban J connectivity index is 2.43. The smallest absolute Gasteiger partial charge is 0.310 e. The highest BCUT2D eigenvalue weighted by atomic mass is 127. The van der Waals surface area contributed by atoms with Gasteiger partial charge in [-0.15, -0.1) is 0 Å². The SMILES string of the molecule is CC(C)(C)OC(=O)Cc1cccc(OCCOCCI)c1. The topological polar surface area (TPSA) is 44.8 Å². The molecule has 0 fully saturated rings. The normalized spacial score (nSPS) is 11.2. The Kier molecular flexibility index (Phi) is 8.03. The molecule has 5 heteroatoms. The summed E-state index contributed by atoms with van der Waals surface area (Å²) in [7, 11) is 0. The van der Waals surface area contributed by atoms with Crippen molar-refractivity contribution in [3.63, 3.8) is 0 Å². The van der Waals surface area contributed by atoms with Crippen LogP contribution in [-0.2, 0) is 20.7 Å². The predicted octanol–water partition coefficient (Wildman–Crippen LogP) is 3.40. The largest absolute Gasteiger partial charge is 0.491 e. The summed E-state index contributed by atoms with van der Waals surface area (Å²) in [5.74, 6) is 0.513. The monoisotopic (exact) mass is 406 g/mol. The molecule has 0 heterocycles. The number of hydrogen-bond acceptors (Lipinski definition) is 4. The minimum atomic E-state index is -0.457. The lowest BCUT2D eigenvalue weighted by Gasteiger charge is -2.19. The van der Waals surface area contributed by atoms with Crippen molar-refractivity contribution in [1.82, 2.24) is 0 Å². The second-order valence-corrected chi connectivity index (χ2v) is 6.64. The van der Waals surface area contributed by atoms with E-state index in [4.69, 9.17) is 14.2 Å². The molecule has 1 aromatic rings. The number of carbonyl (C=O) groups is 1. The molecule has 0 aliphatic carbocycles. The third-order valence-corrected chi connectivity index (χ3v) is 2.83. The van der Waals surface area contributed by atoms with E-state index >= 15 is 0 Å². The fourth-order valence-corrected chi connectivity index (χ4v) is 1.98. The molecule has 0 amide bonds. The molecule has 0 unspecified atom stereocenters. The second kappa shape index (κ2) is 9.25. The first-order chi connectivity index (χ1) is 9.90. The zero-order valence-corrected chi connectivity index (χ0v) is 15.0. The Labute approximate surface area is 140 Å². The maximum absolute atomic E-state index is 11.8. The summed E-state index contributed by atoms with van der Waals surface area (Å²) in [6.07, 6.45) is 0.250. The van der Waals surface area contributed by atoms with Crippen LogP contribution in [0.1, 0.15) is 26.3 Å². The van der Waals surface area contributed by atoms with Gasteiger partial charge in [-0.05, 0) is 38.5 Å². The van der Waals surface area contributed by atoms with Gasteiger partial charge in [-0.25, -0.2) is 0 Å². The van der Waals surface area contributed by atoms with E-state index in [1.807, 2.05) is 45.0 Å². The number of carbonyl (C=O) groups excluding carboxylic acids is 1. The molecule has 1 aromatic carbocycles. The van der Waals surface area contributed by atoms with Crippen molar-refractivity contribution in [2.45, 2.75) is 32.8 Å². The van der Waals surface area contributed by atoms with Crippen molar-refractivity contribution >= 4 is 28.6 Å². The summed E-state index contributed by atoms with van der Waals surface area (Å²) >= 11 is 2.27. The van der Waals surface area contributed by atoms with E-state index in [2.05, 4.69) is 22.6 Å². The molecular weight excluding hydrogens is 383 g/mol. The quantitative estimate of drug-likeness (QED) is 0.287. The summed E-state index contributed by atoms with van der Waals surface area (Å²) in [5, 5.41) is 0. The molecule has 0 saturated carbocycles. The first-order valence-corrected chi connectivity index (χ1v) is 8.50. The summed E-state index contributed by atoms with van der Waals surface area (Å²) in [6, 6.07) is 7.50. The first-order valence-electron chi connectivity index (χ1n) is 6.98.